The van der Waals surface area contributed by atoms with E-state index in [9.17, 15) is 13.2 Å². The number of rotatable bonds is 2. The molecule has 1 aromatic rings. The maximum Gasteiger partial charge on any atom is 0.417 e. The molecule has 104 valence electrons. The van der Waals surface area contributed by atoms with Crippen LogP contribution < -0.4 is 0 Å². The zero-order chi connectivity index (χ0) is 14.8. The van der Waals surface area contributed by atoms with Crippen LogP contribution in [0.15, 0.2) is 36.4 Å². The van der Waals surface area contributed by atoms with Gasteiger partial charge in [-0.3, -0.25) is 0 Å². The molecule has 20 heavy (non-hydrogen) atoms. The van der Waals surface area contributed by atoms with Gasteiger partial charge in [0.05, 0.1) is 5.56 Å². The fourth-order valence-corrected chi connectivity index (χ4v) is 1.44. The highest BCUT2D eigenvalue weighted by Crippen LogP contribution is 2.31. The first-order chi connectivity index (χ1) is 9.55. The van der Waals surface area contributed by atoms with E-state index in [1.807, 2.05) is 0 Å². The molecule has 0 aliphatic carbocycles. The van der Waals surface area contributed by atoms with E-state index < -0.39 is 11.7 Å². The average molecular weight is 276 g/mol. The summed E-state index contributed by atoms with van der Waals surface area (Å²) in [6, 6.07) is 5.27. The van der Waals surface area contributed by atoms with Gasteiger partial charge in [-0.25, -0.2) is 0 Å². The Labute approximate surface area is 117 Å². The minimum Gasteiger partial charge on any atom is -0.166 e. The standard InChI is InChI=1S/C17H15F3/c1-2-3-4-5-6-7-8-9-12-15-13-10-11-14-16(15)17(18,19)20/h7-8,10-11,13-14H,2-4H2,1H3/b8-7-. The summed E-state index contributed by atoms with van der Waals surface area (Å²) in [6.07, 6.45) is 1.60. The van der Waals surface area contributed by atoms with E-state index in [1.165, 1.54) is 24.3 Å². The summed E-state index contributed by atoms with van der Waals surface area (Å²) in [4.78, 5) is 0. The number of allylic oxidation sites excluding steroid dienone is 2. The predicted octanol–water partition coefficient (Wildman–Crippen LogP) is 4.81. The maximum atomic E-state index is 12.7. The van der Waals surface area contributed by atoms with Crippen molar-refractivity contribution in [1.82, 2.24) is 0 Å². The highest BCUT2D eigenvalue weighted by molar-refractivity contribution is 5.44. The maximum absolute atomic E-state index is 12.7. The van der Waals surface area contributed by atoms with Gasteiger partial charge in [0.1, 0.15) is 0 Å². The molecule has 0 aliphatic heterocycles. The summed E-state index contributed by atoms with van der Waals surface area (Å²) in [5.74, 6) is 10.8. The van der Waals surface area contributed by atoms with Crippen molar-refractivity contribution in [2.75, 3.05) is 0 Å². The van der Waals surface area contributed by atoms with E-state index in [1.54, 1.807) is 6.08 Å². The Balaban J connectivity index is 2.73. The molecule has 0 unspecified atom stereocenters. The lowest BCUT2D eigenvalue weighted by Gasteiger charge is -2.07. The summed E-state index contributed by atoms with van der Waals surface area (Å²) in [6.45, 7) is 2.08. The molecular formula is C17H15F3. The van der Waals surface area contributed by atoms with Crippen LogP contribution in [0.1, 0.15) is 37.3 Å². The van der Waals surface area contributed by atoms with Crippen LogP contribution in [0.4, 0.5) is 13.2 Å². The minimum absolute atomic E-state index is 0.0245. The van der Waals surface area contributed by atoms with Crippen molar-refractivity contribution in [3.8, 4) is 23.7 Å². The molecule has 0 nitrogen and oxygen atoms in total. The summed E-state index contributed by atoms with van der Waals surface area (Å²) in [7, 11) is 0. The smallest absolute Gasteiger partial charge is 0.166 e. The van der Waals surface area contributed by atoms with Crippen molar-refractivity contribution < 1.29 is 13.2 Å². The SMILES string of the molecule is CCCCC#C/C=C\C#Cc1ccccc1C(F)(F)F. The Hall–Kier alpha value is -2.13. The van der Waals surface area contributed by atoms with Crippen LogP contribution >= 0.6 is 0 Å². The van der Waals surface area contributed by atoms with Gasteiger partial charge in [-0.05, 0) is 30.7 Å². The molecule has 0 fully saturated rings. The van der Waals surface area contributed by atoms with Crippen LogP contribution in [0.2, 0.25) is 0 Å². The molecule has 1 rings (SSSR count). The van der Waals surface area contributed by atoms with Crippen molar-refractivity contribution in [2.24, 2.45) is 0 Å². The van der Waals surface area contributed by atoms with E-state index >= 15 is 0 Å². The summed E-state index contributed by atoms with van der Waals surface area (Å²) in [5, 5.41) is 0. The first kappa shape index (κ1) is 15.9. The number of unbranched alkanes of at least 4 members (excludes halogenated alkanes) is 2. The van der Waals surface area contributed by atoms with Crippen LogP contribution in [-0.4, -0.2) is 0 Å². The second-order valence-electron chi connectivity index (χ2n) is 4.07. The van der Waals surface area contributed by atoms with Crippen LogP contribution in [0, 0.1) is 23.7 Å². The number of halogens is 3. The molecule has 0 N–H and O–H groups in total. The summed E-state index contributed by atoms with van der Waals surface area (Å²) >= 11 is 0. The van der Waals surface area contributed by atoms with Gasteiger partial charge >= 0.3 is 6.18 Å². The predicted molar refractivity (Wildman–Crippen MR) is 74.8 cm³/mol. The van der Waals surface area contributed by atoms with E-state index in [0.717, 1.165) is 25.3 Å². The third kappa shape index (κ3) is 5.67. The lowest BCUT2D eigenvalue weighted by atomic mass is 10.1. The Morgan fingerprint density at radius 2 is 1.80 bits per heavy atom. The second kappa shape index (κ2) is 8.12. The molecule has 0 spiro atoms. The van der Waals surface area contributed by atoms with Crippen molar-refractivity contribution >= 4 is 0 Å². The first-order valence-electron chi connectivity index (χ1n) is 6.37. The number of benzene rings is 1. The van der Waals surface area contributed by atoms with Gasteiger partial charge in [-0.2, -0.15) is 13.2 Å². The molecule has 0 bridgehead atoms. The van der Waals surface area contributed by atoms with Crippen LogP contribution in [0.3, 0.4) is 0 Å². The second-order valence-corrected chi connectivity index (χ2v) is 4.07. The van der Waals surface area contributed by atoms with Gasteiger partial charge < -0.3 is 0 Å². The van der Waals surface area contributed by atoms with Gasteiger partial charge in [0.2, 0.25) is 0 Å². The fourth-order valence-electron chi connectivity index (χ4n) is 1.44. The Morgan fingerprint density at radius 3 is 2.50 bits per heavy atom. The average Bonchev–Trinajstić information content (AvgIpc) is 2.41. The largest absolute Gasteiger partial charge is 0.417 e. The molecule has 0 radical (unpaired) electrons. The van der Waals surface area contributed by atoms with Gasteiger partial charge in [0.25, 0.3) is 0 Å². The molecular weight excluding hydrogens is 261 g/mol. The third-order valence-corrected chi connectivity index (χ3v) is 2.45. The Bertz CT molecular complexity index is 572. The molecule has 0 aliphatic rings. The van der Waals surface area contributed by atoms with E-state index in [0.29, 0.717) is 0 Å². The molecule has 0 aromatic heterocycles. The zero-order valence-electron chi connectivity index (χ0n) is 11.2. The van der Waals surface area contributed by atoms with Gasteiger partial charge in [0, 0.05) is 12.0 Å². The molecule has 0 saturated carbocycles. The lowest BCUT2D eigenvalue weighted by Crippen LogP contribution is -2.07. The Morgan fingerprint density at radius 1 is 1.10 bits per heavy atom. The summed E-state index contributed by atoms with van der Waals surface area (Å²) in [5.41, 5.74) is -0.737. The molecule has 0 saturated heterocycles. The van der Waals surface area contributed by atoms with Crippen molar-refractivity contribution in [3.63, 3.8) is 0 Å². The normalized spacial score (nSPS) is 10.6. The van der Waals surface area contributed by atoms with Gasteiger partial charge in [-0.15, -0.1) is 0 Å². The quantitative estimate of drug-likeness (QED) is 0.537. The van der Waals surface area contributed by atoms with Crippen molar-refractivity contribution in [1.29, 1.82) is 0 Å². The van der Waals surface area contributed by atoms with Gasteiger partial charge in [-0.1, -0.05) is 49.2 Å². The van der Waals surface area contributed by atoms with Crippen LogP contribution in [0.25, 0.3) is 0 Å². The Kier molecular flexibility index (Phi) is 6.47. The number of hydrogen-bond acceptors (Lipinski definition) is 0. The van der Waals surface area contributed by atoms with Crippen LogP contribution in [0.5, 0.6) is 0 Å². The van der Waals surface area contributed by atoms with E-state index in [-0.39, 0.29) is 5.56 Å². The van der Waals surface area contributed by atoms with Crippen LogP contribution in [-0.2, 0) is 6.18 Å². The number of alkyl halides is 3. The molecule has 0 amide bonds. The molecule has 1 aromatic carbocycles. The highest BCUT2D eigenvalue weighted by Gasteiger charge is 2.32. The lowest BCUT2D eigenvalue weighted by molar-refractivity contribution is -0.137. The zero-order valence-corrected chi connectivity index (χ0v) is 11.2. The van der Waals surface area contributed by atoms with E-state index in [4.69, 9.17) is 0 Å². The summed E-state index contributed by atoms with van der Waals surface area (Å²) < 4.78 is 38.1. The van der Waals surface area contributed by atoms with Gasteiger partial charge in [0.15, 0.2) is 0 Å². The third-order valence-electron chi connectivity index (χ3n) is 2.45. The number of hydrogen-bond donors (Lipinski definition) is 0. The first-order valence-corrected chi connectivity index (χ1v) is 6.37. The molecule has 0 atom stereocenters. The van der Waals surface area contributed by atoms with Crippen molar-refractivity contribution in [2.45, 2.75) is 32.4 Å². The monoisotopic (exact) mass is 276 g/mol. The molecule has 3 heteroatoms. The highest BCUT2D eigenvalue weighted by atomic mass is 19.4. The fraction of sp³-hybridized carbons (Fsp3) is 0.294. The minimum atomic E-state index is -4.38. The molecule has 0 heterocycles. The topological polar surface area (TPSA) is 0 Å². The van der Waals surface area contributed by atoms with Crippen molar-refractivity contribution in [3.05, 3.63) is 47.5 Å². The van der Waals surface area contributed by atoms with E-state index in [2.05, 4.69) is 30.6 Å².